The van der Waals surface area contributed by atoms with E-state index >= 15 is 0 Å². The number of benzene rings is 6. The molecule has 0 N–H and O–H groups in total. The van der Waals surface area contributed by atoms with Gasteiger partial charge in [0.25, 0.3) is 6.71 Å². The lowest BCUT2D eigenvalue weighted by Gasteiger charge is -2.53. The van der Waals surface area contributed by atoms with Gasteiger partial charge in [-0.3, -0.25) is 0 Å². The van der Waals surface area contributed by atoms with Crippen LogP contribution in [-0.4, -0.2) is 12.3 Å². The summed E-state index contributed by atoms with van der Waals surface area (Å²) in [4.78, 5) is 5.51. The highest BCUT2D eigenvalue weighted by atomic mass is 16.3. The summed E-state index contributed by atoms with van der Waals surface area (Å²) < 4.78 is 6.73. The highest BCUT2D eigenvalue weighted by Gasteiger charge is 2.61. The standard InChI is InChI=1S/C53H53BN2O/c1-32-27-42-47-43(28-32)56-48-38(52(8)25-15-16-26-53(52,56)9)30-35(51(5,6)7)31-40(48)54(47)39-22-24-45-46(36-19-13-14-20-44(36)57-45)49(39)55(42)41-23-21-34(50(2,3)4)29-37(41)33-17-11-10-12-18-33/h10-14,17-24,27-31H,15-16,25-26H2,1-9H3. The minimum Gasteiger partial charge on any atom is -0.456 e. The lowest BCUT2D eigenvalue weighted by Crippen LogP contribution is -2.64. The molecule has 3 nitrogen and oxygen atoms in total. The molecule has 1 saturated carbocycles. The smallest absolute Gasteiger partial charge is 0.252 e. The lowest BCUT2D eigenvalue weighted by atomic mass is 9.33. The molecule has 3 aliphatic heterocycles. The maximum absolute atomic E-state index is 6.73. The molecule has 1 fully saturated rings. The minimum atomic E-state index is -0.0370. The van der Waals surface area contributed by atoms with Crippen LogP contribution in [0.25, 0.3) is 33.1 Å². The third-order valence-corrected chi connectivity index (χ3v) is 14.7. The summed E-state index contributed by atoms with van der Waals surface area (Å²) in [7, 11) is 0. The molecule has 57 heavy (non-hydrogen) atoms. The Morgan fingerprint density at radius 1 is 0.632 bits per heavy atom. The number of nitrogens with zero attached hydrogens (tertiary/aromatic N) is 2. The predicted molar refractivity (Wildman–Crippen MR) is 243 cm³/mol. The first kappa shape index (κ1) is 35.0. The van der Waals surface area contributed by atoms with Crippen LogP contribution in [0.2, 0.25) is 0 Å². The zero-order valence-electron chi connectivity index (χ0n) is 35.1. The molecule has 6 aromatic carbocycles. The molecular weight excluding hydrogens is 691 g/mol. The van der Waals surface area contributed by atoms with E-state index in [1.807, 2.05) is 0 Å². The van der Waals surface area contributed by atoms with Crippen molar-refractivity contribution in [2.75, 3.05) is 9.80 Å². The first-order valence-electron chi connectivity index (χ1n) is 21.3. The monoisotopic (exact) mass is 744 g/mol. The number of rotatable bonds is 2. The summed E-state index contributed by atoms with van der Waals surface area (Å²) in [6.07, 6.45) is 4.93. The van der Waals surface area contributed by atoms with Crippen molar-refractivity contribution in [2.24, 2.45) is 0 Å². The maximum atomic E-state index is 6.73. The Hall–Kier alpha value is -5.22. The van der Waals surface area contributed by atoms with Gasteiger partial charge in [0.05, 0.1) is 22.3 Å². The van der Waals surface area contributed by atoms with Gasteiger partial charge in [-0.25, -0.2) is 0 Å². The minimum absolute atomic E-state index is 0.00436. The molecule has 1 aromatic heterocycles. The van der Waals surface area contributed by atoms with Crippen LogP contribution in [-0.2, 0) is 16.2 Å². The topological polar surface area (TPSA) is 19.6 Å². The summed E-state index contributed by atoms with van der Waals surface area (Å²) in [5.41, 5.74) is 20.8. The summed E-state index contributed by atoms with van der Waals surface area (Å²) in [5, 5.41) is 2.35. The summed E-state index contributed by atoms with van der Waals surface area (Å²) in [6.45, 7) is 21.7. The molecule has 284 valence electrons. The normalized spacial score (nSPS) is 20.8. The molecule has 0 amide bonds. The van der Waals surface area contributed by atoms with Crippen molar-refractivity contribution in [3.63, 3.8) is 0 Å². The molecule has 11 rings (SSSR count). The van der Waals surface area contributed by atoms with Gasteiger partial charge in [0.2, 0.25) is 0 Å². The van der Waals surface area contributed by atoms with E-state index in [0.717, 1.165) is 16.6 Å². The molecule has 0 spiro atoms. The highest BCUT2D eigenvalue weighted by molar-refractivity contribution is 7.00. The van der Waals surface area contributed by atoms with Crippen LogP contribution < -0.4 is 26.2 Å². The number of furan rings is 1. The van der Waals surface area contributed by atoms with Gasteiger partial charge >= 0.3 is 0 Å². The number of fused-ring (bicyclic) bond motifs is 11. The molecule has 0 bridgehead atoms. The van der Waals surface area contributed by atoms with Crippen molar-refractivity contribution in [2.45, 2.75) is 110 Å². The fraction of sp³-hybridized carbons (Fsp3) is 0.321. The number of para-hydroxylation sites is 1. The third kappa shape index (κ3) is 4.62. The molecule has 1 aliphatic carbocycles. The zero-order chi connectivity index (χ0) is 39.4. The molecule has 2 atom stereocenters. The molecule has 0 saturated heterocycles. The van der Waals surface area contributed by atoms with Gasteiger partial charge in [0.15, 0.2) is 0 Å². The van der Waals surface area contributed by atoms with Crippen molar-refractivity contribution in [1.29, 1.82) is 0 Å². The van der Waals surface area contributed by atoms with E-state index < -0.39 is 0 Å². The van der Waals surface area contributed by atoms with Crippen molar-refractivity contribution < 1.29 is 4.42 Å². The van der Waals surface area contributed by atoms with Crippen LogP contribution in [0.5, 0.6) is 0 Å². The van der Waals surface area contributed by atoms with E-state index in [0.29, 0.717) is 0 Å². The summed E-state index contributed by atoms with van der Waals surface area (Å²) in [5.74, 6) is 0. The predicted octanol–water partition coefficient (Wildman–Crippen LogP) is 12.5. The van der Waals surface area contributed by atoms with Crippen LogP contribution in [0.1, 0.15) is 103 Å². The van der Waals surface area contributed by atoms with E-state index in [1.54, 1.807) is 5.56 Å². The molecular formula is C53H53BN2O. The van der Waals surface area contributed by atoms with Crippen LogP contribution in [0.15, 0.2) is 114 Å². The van der Waals surface area contributed by atoms with Crippen LogP contribution in [0.4, 0.5) is 28.4 Å². The highest BCUT2D eigenvalue weighted by Crippen LogP contribution is 2.62. The van der Waals surface area contributed by atoms with E-state index in [9.17, 15) is 0 Å². The average molecular weight is 745 g/mol. The maximum Gasteiger partial charge on any atom is 0.252 e. The Kier molecular flexibility index (Phi) is 7.04. The largest absolute Gasteiger partial charge is 0.456 e. The number of hydrogen-bond acceptors (Lipinski definition) is 3. The van der Waals surface area contributed by atoms with Gasteiger partial charge in [-0.05, 0) is 118 Å². The van der Waals surface area contributed by atoms with E-state index in [-0.39, 0.29) is 28.5 Å². The van der Waals surface area contributed by atoms with Gasteiger partial charge in [-0.2, -0.15) is 0 Å². The fourth-order valence-corrected chi connectivity index (χ4v) is 11.5. The Morgan fingerprint density at radius 2 is 1.35 bits per heavy atom. The molecule has 4 aliphatic rings. The molecule has 4 heterocycles. The van der Waals surface area contributed by atoms with Crippen molar-refractivity contribution >= 4 is 73.5 Å². The first-order chi connectivity index (χ1) is 27.2. The second-order valence-corrected chi connectivity index (χ2v) is 20.2. The van der Waals surface area contributed by atoms with Gasteiger partial charge in [-0.1, -0.05) is 134 Å². The SMILES string of the molecule is Cc1cc2c3c(c1)N1c4c(cc(C(C)(C)C)cc4C4(C)CCCCC14C)B3c1ccc3oc4ccccc4c3c1N2c1ccc(C(C)(C)C)cc1-c1ccccc1. The lowest BCUT2D eigenvalue weighted by molar-refractivity contribution is 0.195. The van der Waals surface area contributed by atoms with E-state index in [4.69, 9.17) is 4.42 Å². The van der Waals surface area contributed by atoms with Crippen molar-refractivity contribution in [1.82, 2.24) is 0 Å². The second kappa shape index (κ2) is 11.5. The van der Waals surface area contributed by atoms with E-state index in [2.05, 4.69) is 181 Å². The van der Waals surface area contributed by atoms with Crippen molar-refractivity contribution in [3.05, 3.63) is 131 Å². The Labute approximate surface area is 338 Å². The molecule has 0 radical (unpaired) electrons. The van der Waals surface area contributed by atoms with E-state index in [1.165, 1.54) is 104 Å². The van der Waals surface area contributed by atoms with Gasteiger partial charge in [-0.15, -0.1) is 0 Å². The average Bonchev–Trinajstić information content (AvgIpc) is 3.66. The molecule has 7 aromatic rings. The van der Waals surface area contributed by atoms with Crippen LogP contribution >= 0.6 is 0 Å². The zero-order valence-corrected chi connectivity index (χ0v) is 35.1. The number of aryl methyl sites for hydroxylation is 1. The van der Waals surface area contributed by atoms with Gasteiger partial charge in [0, 0.05) is 33.4 Å². The Bertz CT molecular complexity index is 2840. The number of hydrogen-bond donors (Lipinski definition) is 0. The molecule has 2 unspecified atom stereocenters. The Morgan fingerprint density at radius 3 is 2.12 bits per heavy atom. The second-order valence-electron chi connectivity index (χ2n) is 20.2. The quantitative estimate of drug-likeness (QED) is 0.164. The summed E-state index contributed by atoms with van der Waals surface area (Å²) >= 11 is 0. The number of anilines is 5. The first-order valence-corrected chi connectivity index (χ1v) is 21.3. The van der Waals surface area contributed by atoms with Gasteiger partial charge < -0.3 is 14.2 Å². The van der Waals surface area contributed by atoms with Crippen LogP contribution in [0.3, 0.4) is 0 Å². The third-order valence-electron chi connectivity index (χ3n) is 14.7. The van der Waals surface area contributed by atoms with Crippen LogP contribution in [0, 0.1) is 6.92 Å². The summed E-state index contributed by atoms with van der Waals surface area (Å²) in [6, 6.07) is 41.8. The van der Waals surface area contributed by atoms with Crippen molar-refractivity contribution in [3.8, 4) is 11.1 Å². The van der Waals surface area contributed by atoms with Gasteiger partial charge in [0.1, 0.15) is 11.2 Å². The Balaban J connectivity index is 1.32. The fourth-order valence-electron chi connectivity index (χ4n) is 11.5. The molecule has 4 heteroatoms.